The highest BCUT2D eigenvalue weighted by atomic mass is 32.2. The van der Waals surface area contributed by atoms with Crippen molar-refractivity contribution in [1.82, 2.24) is 4.98 Å². The van der Waals surface area contributed by atoms with E-state index in [0.717, 1.165) is 47.8 Å². The third-order valence-corrected chi connectivity index (χ3v) is 7.46. The van der Waals surface area contributed by atoms with E-state index in [1.165, 1.54) is 6.42 Å². The lowest BCUT2D eigenvalue weighted by molar-refractivity contribution is 0.0895. The fraction of sp³-hybridized carbons (Fsp3) is 0.474. The zero-order chi connectivity index (χ0) is 16.0. The minimum atomic E-state index is -0.717. The van der Waals surface area contributed by atoms with Gasteiger partial charge in [0.15, 0.2) is 5.78 Å². The van der Waals surface area contributed by atoms with E-state index in [1.54, 1.807) is 0 Å². The van der Waals surface area contributed by atoms with Crippen LogP contribution < -0.4 is 0 Å². The van der Waals surface area contributed by atoms with Crippen LogP contribution in [0.3, 0.4) is 0 Å². The van der Waals surface area contributed by atoms with Crippen LogP contribution in [-0.2, 0) is 10.8 Å². The number of aryl methyl sites for hydroxylation is 1. The smallest absolute Gasteiger partial charge is 0.166 e. The van der Waals surface area contributed by atoms with Crippen LogP contribution in [0.4, 0.5) is 0 Å². The molecule has 23 heavy (non-hydrogen) atoms. The Balaban J connectivity index is 1.61. The Morgan fingerprint density at radius 3 is 2.61 bits per heavy atom. The monoisotopic (exact) mass is 327 g/mol. The summed E-state index contributed by atoms with van der Waals surface area (Å²) in [5, 5.41) is 1.49. The summed E-state index contributed by atoms with van der Waals surface area (Å²) in [6.07, 6.45) is 4.81. The molecule has 0 radical (unpaired) electrons. The zero-order valence-electron chi connectivity index (χ0n) is 13.3. The van der Waals surface area contributed by atoms with Crippen molar-refractivity contribution in [2.45, 2.75) is 49.5 Å². The lowest BCUT2D eigenvalue weighted by Crippen LogP contribution is -2.41. The van der Waals surface area contributed by atoms with Gasteiger partial charge in [-0.05, 0) is 56.9 Å². The molecule has 1 aromatic carbocycles. The van der Waals surface area contributed by atoms with Gasteiger partial charge in [-0.2, -0.15) is 0 Å². The molecule has 2 aliphatic rings. The number of fused-ring (bicyclic) bond motifs is 3. The van der Waals surface area contributed by atoms with Gasteiger partial charge in [-0.1, -0.05) is 12.5 Å². The Labute approximate surface area is 139 Å². The van der Waals surface area contributed by atoms with Crippen molar-refractivity contribution in [1.29, 1.82) is 0 Å². The first kappa shape index (κ1) is 15.0. The quantitative estimate of drug-likeness (QED) is 0.788. The summed E-state index contributed by atoms with van der Waals surface area (Å²) in [7, 11) is -0.717. The largest absolute Gasteiger partial charge is 0.294 e. The predicted octanol–water partition coefficient (Wildman–Crippen LogP) is 3.81. The Morgan fingerprint density at radius 1 is 1.13 bits per heavy atom. The molecule has 4 heteroatoms. The average Bonchev–Trinajstić information content (AvgIpc) is 2.53. The normalized spacial score (nSPS) is 30.3. The number of hydrogen-bond acceptors (Lipinski definition) is 3. The molecule has 3 nitrogen and oxygen atoms in total. The van der Waals surface area contributed by atoms with Gasteiger partial charge in [0, 0.05) is 43.9 Å². The molecule has 0 aliphatic carbocycles. The van der Waals surface area contributed by atoms with Gasteiger partial charge in [-0.25, -0.2) is 0 Å². The molecule has 2 aromatic rings. The van der Waals surface area contributed by atoms with Crippen LogP contribution >= 0.6 is 0 Å². The Morgan fingerprint density at radius 2 is 1.87 bits per heavy atom. The van der Waals surface area contributed by atoms with Gasteiger partial charge in [0.05, 0.1) is 5.52 Å². The molecular formula is C19H21NO2S. The highest BCUT2D eigenvalue weighted by molar-refractivity contribution is 7.86. The molecule has 0 N–H and O–H groups in total. The van der Waals surface area contributed by atoms with E-state index >= 15 is 0 Å². The first-order chi connectivity index (χ1) is 11.1. The summed E-state index contributed by atoms with van der Waals surface area (Å²) in [4.78, 5) is 17.4. The second kappa shape index (κ2) is 5.82. The molecule has 120 valence electrons. The molecule has 2 saturated heterocycles. The Kier molecular flexibility index (Phi) is 3.80. The van der Waals surface area contributed by atoms with Crippen LogP contribution in [0.15, 0.2) is 30.3 Å². The number of Topliss-reactive ketones (excluding diaryl/α,β-unsaturated/α-hetero) is 1. The second-order valence-corrected chi connectivity index (χ2v) is 8.89. The number of benzene rings is 1. The standard InChI is InChI=1S/C19H21NO2S/c1-12-5-6-13-9-14(7-8-18(13)20-12)19(21)15-10-16-3-2-4-17(11-15)23(16)22/h5-9,15-17H,2-4,10-11H2,1H3. The highest BCUT2D eigenvalue weighted by Crippen LogP contribution is 2.38. The third kappa shape index (κ3) is 2.74. The first-order valence-corrected chi connectivity index (χ1v) is 9.70. The minimum Gasteiger partial charge on any atom is -0.294 e. The van der Waals surface area contributed by atoms with E-state index < -0.39 is 10.8 Å². The maximum atomic E-state index is 12.9. The van der Waals surface area contributed by atoms with Gasteiger partial charge in [-0.15, -0.1) is 0 Å². The topological polar surface area (TPSA) is 47.0 Å². The molecule has 4 rings (SSSR count). The van der Waals surface area contributed by atoms with Crippen LogP contribution in [0.5, 0.6) is 0 Å². The van der Waals surface area contributed by atoms with Gasteiger partial charge in [0.2, 0.25) is 0 Å². The number of carbonyl (C=O) groups is 1. The van der Waals surface area contributed by atoms with Gasteiger partial charge in [0.25, 0.3) is 0 Å². The fourth-order valence-corrected chi connectivity index (χ4v) is 6.25. The Hall–Kier alpha value is -1.55. The first-order valence-electron chi connectivity index (χ1n) is 8.43. The van der Waals surface area contributed by atoms with Crippen LogP contribution in [0.1, 0.15) is 48.2 Å². The Bertz CT molecular complexity index is 785. The number of nitrogens with zero attached hydrogens (tertiary/aromatic N) is 1. The van der Waals surface area contributed by atoms with Gasteiger partial charge in [0.1, 0.15) is 0 Å². The molecule has 1 aromatic heterocycles. The van der Waals surface area contributed by atoms with Crippen LogP contribution in [-0.4, -0.2) is 25.5 Å². The molecule has 0 spiro atoms. The van der Waals surface area contributed by atoms with Crippen molar-refractivity contribution in [3.05, 3.63) is 41.6 Å². The predicted molar refractivity (Wildman–Crippen MR) is 93.1 cm³/mol. The lowest BCUT2D eigenvalue weighted by atomic mass is 9.84. The van der Waals surface area contributed by atoms with Crippen LogP contribution in [0.2, 0.25) is 0 Å². The molecular weight excluding hydrogens is 306 g/mol. The molecule has 2 aliphatic heterocycles. The van der Waals surface area contributed by atoms with Crippen LogP contribution in [0, 0.1) is 12.8 Å². The SMILES string of the molecule is Cc1ccc2cc(C(=O)C3CC4CCCC(C3)S4=O)ccc2n1. The van der Waals surface area contributed by atoms with Gasteiger partial charge in [-0.3, -0.25) is 14.0 Å². The summed E-state index contributed by atoms with van der Waals surface area (Å²) in [6.45, 7) is 1.97. The molecule has 2 atom stereocenters. The summed E-state index contributed by atoms with van der Waals surface area (Å²) in [5.74, 6) is 0.264. The number of aromatic nitrogens is 1. The number of ketones is 1. The van der Waals surface area contributed by atoms with E-state index in [0.29, 0.717) is 0 Å². The summed E-state index contributed by atoms with van der Waals surface area (Å²) < 4.78 is 12.3. The maximum absolute atomic E-state index is 12.9. The van der Waals surface area contributed by atoms with E-state index in [9.17, 15) is 9.00 Å². The van der Waals surface area contributed by atoms with Crippen molar-refractivity contribution >= 4 is 27.5 Å². The van der Waals surface area contributed by atoms with Crippen molar-refractivity contribution in [2.24, 2.45) is 5.92 Å². The molecule has 2 bridgehead atoms. The van der Waals surface area contributed by atoms with Crippen molar-refractivity contribution in [2.75, 3.05) is 0 Å². The van der Waals surface area contributed by atoms with E-state index in [4.69, 9.17) is 0 Å². The van der Waals surface area contributed by atoms with Crippen molar-refractivity contribution in [3.63, 3.8) is 0 Å². The van der Waals surface area contributed by atoms with Crippen molar-refractivity contribution in [3.8, 4) is 0 Å². The van der Waals surface area contributed by atoms with E-state index in [1.807, 2.05) is 37.3 Å². The zero-order valence-corrected chi connectivity index (χ0v) is 14.1. The number of pyridine rings is 1. The number of hydrogen-bond donors (Lipinski definition) is 0. The fourth-order valence-electron chi connectivity index (χ4n) is 4.06. The summed E-state index contributed by atoms with van der Waals surface area (Å²) in [6, 6.07) is 9.81. The number of rotatable bonds is 2. The van der Waals surface area contributed by atoms with Crippen molar-refractivity contribution < 1.29 is 9.00 Å². The molecule has 2 unspecified atom stereocenters. The molecule has 0 amide bonds. The minimum absolute atomic E-state index is 0.0406. The lowest BCUT2D eigenvalue weighted by Gasteiger charge is -2.37. The average molecular weight is 327 g/mol. The molecule has 0 saturated carbocycles. The summed E-state index contributed by atoms with van der Waals surface area (Å²) >= 11 is 0. The molecule has 3 heterocycles. The third-order valence-electron chi connectivity index (χ3n) is 5.29. The number of carbonyl (C=O) groups excluding carboxylic acids is 1. The summed E-state index contributed by atoms with van der Waals surface area (Å²) in [5.41, 5.74) is 2.70. The van der Waals surface area contributed by atoms with Gasteiger partial charge >= 0.3 is 0 Å². The molecule has 2 fully saturated rings. The van der Waals surface area contributed by atoms with Gasteiger partial charge < -0.3 is 0 Å². The maximum Gasteiger partial charge on any atom is 0.166 e. The van der Waals surface area contributed by atoms with E-state index in [-0.39, 0.29) is 22.2 Å². The second-order valence-electron chi connectivity index (χ2n) is 6.90. The van der Waals surface area contributed by atoms with Crippen LogP contribution in [0.25, 0.3) is 10.9 Å². The highest BCUT2D eigenvalue weighted by Gasteiger charge is 2.40. The van der Waals surface area contributed by atoms with E-state index in [2.05, 4.69) is 4.98 Å².